The molecule has 1 saturated heterocycles. The Morgan fingerprint density at radius 3 is 3.11 bits per heavy atom. The fraction of sp³-hybridized carbons (Fsp3) is 0.727. The van der Waals surface area contributed by atoms with Gasteiger partial charge in [0.2, 0.25) is 11.8 Å². The van der Waals surface area contributed by atoms with Gasteiger partial charge in [0.25, 0.3) is 0 Å². The minimum atomic E-state index is -0.412. The van der Waals surface area contributed by atoms with Crippen LogP contribution in [0.25, 0.3) is 0 Å². The van der Waals surface area contributed by atoms with Gasteiger partial charge in [0, 0.05) is 13.0 Å². The van der Waals surface area contributed by atoms with Crippen LogP contribution in [0.1, 0.15) is 31.0 Å². The van der Waals surface area contributed by atoms with Crippen molar-refractivity contribution in [2.24, 2.45) is 5.73 Å². The Hall–Kier alpha value is -1.47. The Kier molecular flexibility index (Phi) is 4.66. The molecule has 0 bridgehead atoms. The molecular weight excluding hydrogens is 236 g/mol. The summed E-state index contributed by atoms with van der Waals surface area (Å²) in [7, 11) is 0. The number of hydrogen-bond donors (Lipinski definition) is 2. The van der Waals surface area contributed by atoms with Crippen molar-refractivity contribution in [3.05, 3.63) is 11.7 Å². The van der Waals surface area contributed by atoms with Crippen LogP contribution in [0, 0.1) is 0 Å². The number of carbonyl (C=O) groups excluding carboxylic acids is 1. The van der Waals surface area contributed by atoms with Crippen molar-refractivity contribution >= 4 is 5.91 Å². The molecule has 18 heavy (non-hydrogen) atoms. The predicted octanol–water partition coefficient (Wildman–Crippen LogP) is -0.244. The fourth-order valence-corrected chi connectivity index (χ4v) is 1.91. The number of carbonyl (C=O) groups is 1. The second-order valence-corrected chi connectivity index (χ2v) is 4.37. The second-order valence-electron chi connectivity index (χ2n) is 4.37. The lowest BCUT2D eigenvalue weighted by atomic mass is 10.1. The molecule has 100 valence electrons. The topological polar surface area (TPSA) is 103 Å². The van der Waals surface area contributed by atoms with Gasteiger partial charge in [-0.2, -0.15) is 4.98 Å². The van der Waals surface area contributed by atoms with Gasteiger partial charge in [-0.15, -0.1) is 0 Å². The molecular formula is C11H18N4O3. The molecule has 0 spiro atoms. The molecule has 1 aromatic heterocycles. The van der Waals surface area contributed by atoms with Crippen molar-refractivity contribution in [3.63, 3.8) is 0 Å². The molecule has 1 unspecified atom stereocenters. The standard InChI is InChI=1S/C11H18N4O3/c12-9(16)6-13-7-11-14-10(15-18-11)5-8-3-1-2-4-17-8/h8,13H,1-7H2,(H2,12,16). The van der Waals surface area contributed by atoms with E-state index in [2.05, 4.69) is 15.5 Å². The summed E-state index contributed by atoms with van der Waals surface area (Å²) in [6, 6.07) is 0. The third-order valence-corrected chi connectivity index (χ3v) is 2.77. The highest BCUT2D eigenvalue weighted by atomic mass is 16.5. The van der Waals surface area contributed by atoms with Crippen LogP contribution in [0.4, 0.5) is 0 Å². The maximum Gasteiger partial charge on any atom is 0.240 e. The summed E-state index contributed by atoms with van der Waals surface area (Å²) < 4.78 is 10.7. The van der Waals surface area contributed by atoms with E-state index in [1.165, 1.54) is 6.42 Å². The molecule has 1 aromatic rings. The molecule has 1 atom stereocenters. The minimum Gasteiger partial charge on any atom is -0.378 e. The Labute approximate surface area is 105 Å². The highest BCUT2D eigenvalue weighted by molar-refractivity contribution is 5.75. The van der Waals surface area contributed by atoms with Gasteiger partial charge in [0.15, 0.2) is 5.82 Å². The van der Waals surface area contributed by atoms with Gasteiger partial charge in [0.05, 0.1) is 19.2 Å². The van der Waals surface area contributed by atoms with Crippen LogP contribution < -0.4 is 11.1 Å². The van der Waals surface area contributed by atoms with Crippen molar-refractivity contribution in [3.8, 4) is 0 Å². The summed E-state index contributed by atoms with van der Waals surface area (Å²) in [5.74, 6) is 0.699. The van der Waals surface area contributed by atoms with Gasteiger partial charge in [-0.3, -0.25) is 10.1 Å². The van der Waals surface area contributed by atoms with E-state index in [1.807, 2.05) is 0 Å². The average Bonchev–Trinajstić information content (AvgIpc) is 2.78. The first-order valence-corrected chi connectivity index (χ1v) is 6.16. The first-order valence-electron chi connectivity index (χ1n) is 6.16. The minimum absolute atomic E-state index is 0.101. The van der Waals surface area contributed by atoms with Crippen molar-refractivity contribution in [1.29, 1.82) is 0 Å². The SMILES string of the molecule is NC(=O)CNCc1nc(CC2CCCCO2)no1. The van der Waals surface area contributed by atoms with Gasteiger partial charge < -0.3 is 15.0 Å². The normalized spacial score (nSPS) is 19.9. The number of amides is 1. The molecule has 7 nitrogen and oxygen atoms in total. The van der Waals surface area contributed by atoms with E-state index in [0.29, 0.717) is 24.7 Å². The summed E-state index contributed by atoms with van der Waals surface area (Å²) in [4.78, 5) is 14.8. The van der Waals surface area contributed by atoms with Gasteiger partial charge in [0.1, 0.15) is 0 Å². The van der Waals surface area contributed by atoms with Gasteiger partial charge in [-0.05, 0) is 19.3 Å². The van der Waals surface area contributed by atoms with Crippen molar-refractivity contribution in [1.82, 2.24) is 15.5 Å². The zero-order chi connectivity index (χ0) is 12.8. The van der Waals surface area contributed by atoms with Gasteiger partial charge in [-0.25, -0.2) is 0 Å². The second kappa shape index (κ2) is 6.46. The van der Waals surface area contributed by atoms with Crippen molar-refractivity contribution in [2.45, 2.75) is 38.3 Å². The number of nitrogens with zero attached hydrogens (tertiary/aromatic N) is 2. The smallest absolute Gasteiger partial charge is 0.240 e. The first kappa shape index (κ1) is 13.0. The lowest BCUT2D eigenvalue weighted by molar-refractivity contribution is -0.117. The monoisotopic (exact) mass is 254 g/mol. The number of nitrogens with two attached hydrogens (primary N) is 1. The molecule has 0 radical (unpaired) electrons. The average molecular weight is 254 g/mol. The largest absolute Gasteiger partial charge is 0.378 e. The molecule has 1 amide bonds. The predicted molar refractivity (Wildman–Crippen MR) is 62.5 cm³/mol. The zero-order valence-corrected chi connectivity index (χ0v) is 10.2. The summed E-state index contributed by atoms with van der Waals surface area (Å²) in [6.45, 7) is 1.26. The first-order chi connectivity index (χ1) is 8.74. The Morgan fingerprint density at radius 2 is 2.39 bits per heavy atom. The molecule has 2 heterocycles. The lowest BCUT2D eigenvalue weighted by Gasteiger charge is -2.20. The Bertz CT molecular complexity index is 387. The number of ether oxygens (including phenoxy) is 1. The number of aromatic nitrogens is 2. The number of rotatable bonds is 6. The van der Waals surface area contributed by atoms with Crippen LogP contribution in [-0.2, 0) is 22.5 Å². The maximum absolute atomic E-state index is 10.5. The summed E-state index contributed by atoms with van der Waals surface area (Å²) >= 11 is 0. The van der Waals surface area contributed by atoms with Crippen LogP contribution in [0.5, 0.6) is 0 Å². The maximum atomic E-state index is 10.5. The quantitative estimate of drug-likeness (QED) is 0.726. The Morgan fingerprint density at radius 1 is 1.50 bits per heavy atom. The molecule has 1 aliphatic heterocycles. The summed E-state index contributed by atoms with van der Waals surface area (Å²) in [5, 5.41) is 6.70. The molecule has 0 aliphatic carbocycles. The molecule has 1 aliphatic rings. The molecule has 2 rings (SSSR count). The van der Waals surface area contributed by atoms with Crippen molar-refractivity contribution in [2.75, 3.05) is 13.2 Å². The third kappa shape index (κ3) is 4.08. The molecule has 7 heteroatoms. The molecule has 0 saturated carbocycles. The van der Waals surface area contributed by atoms with Crippen LogP contribution in [0.3, 0.4) is 0 Å². The van der Waals surface area contributed by atoms with E-state index >= 15 is 0 Å². The van der Waals surface area contributed by atoms with E-state index in [-0.39, 0.29) is 12.6 Å². The van der Waals surface area contributed by atoms with Crippen molar-refractivity contribution < 1.29 is 14.1 Å². The number of nitrogens with one attached hydrogen (secondary N) is 1. The molecule has 3 N–H and O–H groups in total. The zero-order valence-electron chi connectivity index (χ0n) is 10.2. The van der Waals surface area contributed by atoms with E-state index in [1.54, 1.807) is 0 Å². The van der Waals surface area contributed by atoms with Gasteiger partial charge >= 0.3 is 0 Å². The fourth-order valence-electron chi connectivity index (χ4n) is 1.91. The Balaban J connectivity index is 1.76. The van der Waals surface area contributed by atoms with E-state index in [9.17, 15) is 4.79 Å². The number of hydrogen-bond acceptors (Lipinski definition) is 6. The van der Waals surface area contributed by atoms with E-state index < -0.39 is 5.91 Å². The highest BCUT2D eigenvalue weighted by Gasteiger charge is 2.17. The van der Waals surface area contributed by atoms with Crippen LogP contribution in [0.15, 0.2) is 4.52 Å². The summed E-state index contributed by atoms with van der Waals surface area (Å²) in [6.07, 6.45) is 4.24. The van der Waals surface area contributed by atoms with Crippen LogP contribution in [0.2, 0.25) is 0 Å². The van der Waals surface area contributed by atoms with Gasteiger partial charge in [-0.1, -0.05) is 5.16 Å². The number of primary amides is 1. The van der Waals surface area contributed by atoms with Crippen LogP contribution in [-0.4, -0.2) is 35.3 Å². The van der Waals surface area contributed by atoms with E-state index in [4.69, 9.17) is 15.0 Å². The third-order valence-electron chi connectivity index (χ3n) is 2.77. The summed E-state index contributed by atoms with van der Waals surface area (Å²) in [5.41, 5.74) is 5.00. The highest BCUT2D eigenvalue weighted by Crippen LogP contribution is 2.15. The molecule has 1 fully saturated rings. The lowest BCUT2D eigenvalue weighted by Crippen LogP contribution is -2.28. The van der Waals surface area contributed by atoms with E-state index in [0.717, 1.165) is 19.4 Å². The van der Waals surface area contributed by atoms with Crippen LogP contribution >= 0.6 is 0 Å². The molecule has 0 aromatic carbocycles.